The molecule has 8 rings (SSSR count). The third-order valence-corrected chi connectivity index (χ3v) is 8.61. The first kappa shape index (κ1) is 25.8. The van der Waals surface area contributed by atoms with Crippen molar-refractivity contribution in [2.24, 2.45) is 0 Å². The summed E-state index contributed by atoms with van der Waals surface area (Å²) in [4.78, 5) is 29.1. The molecule has 0 saturated carbocycles. The minimum absolute atomic E-state index is 0.124. The Hall–Kier alpha value is -5.86. The Morgan fingerprint density at radius 1 is 0.273 bits per heavy atom. The highest BCUT2D eigenvalue weighted by Gasteiger charge is 2.36. The monoisotopic (exact) mass is 562 g/mol. The quantitative estimate of drug-likeness (QED) is 0.214. The molecule has 0 saturated heterocycles. The smallest absolute Gasteiger partial charge is 0.195 e. The lowest BCUT2D eigenvalue weighted by atomic mass is 9.74. The van der Waals surface area contributed by atoms with Crippen LogP contribution in [0, 0.1) is 0 Å². The number of benzene rings is 7. The summed E-state index contributed by atoms with van der Waals surface area (Å²) in [5.41, 5.74) is 9.52. The fourth-order valence-corrected chi connectivity index (χ4v) is 6.66. The van der Waals surface area contributed by atoms with Crippen molar-refractivity contribution in [1.29, 1.82) is 0 Å². The van der Waals surface area contributed by atoms with E-state index in [4.69, 9.17) is 0 Å². The summed E-state index contributed by atoms with van der Waals surface area (Å²) < 4.78 is 0. The van der Waals surface area contributed by atoms with Gasteiger partial charge in [0.15, 0.2) is 11.6 Å². The lowest BCUT2D eigenvalue weighted by Gasteiger charge is -2.27. The molecule has 0 spiro atoms. The molecule has 0 aromatic heterocycles. The van der Waals surface area contributed by atoms with E-state index in [0.29, 0.717) is 22.3 Å². The van der Waals surface area contributed by atoms with E-state index in [2.05, 4.69) is 36.4 Å². The number of hydrogen-bond acceptors (Lipinski definition) is 2. The third kappa shape index (κ3) is 4.04. The van der Waals surface area contributed by atoms with Crippen LogP contribution in [-0.4, -0.2) is 11.6 Å². The number of carbonyl (C=O) groups excluding carboxylic acids is 2. The van der Waals surface area contributed by atoms with Crippen molar-refractivity contribution >= 4 is 22.3 Å². The second kappa shape index (κ2) is 10.4. The van der Waals surface area contributed by atoms with Crippen LogP contribution >= 0.6 is 0 Å². The van der Waals surface area contributed by atoms with Gasteiger partial charge >= 0.3 is 0 Å². The van der Waals surface area contributed by atoms with Crippen molar-refractivity contribution in [2.75, 3.05) is 0 Å². The lowest BCUT2D eigenvalue weighted by molar-refractivity contribution is 0.0980. The Balaban J connectivity index is 1.62. The van der Waals surface area contributed by atoms with Gasteiger partial charge < -0.3 is 0 Å². The van der Waals surface area contributed by atoms with E-state index in [1.807, 2.05) is 109 Å². The molecule has 0 N–H and O–H groups in total. The minimum Gasteiger partial charge on any atom is -0.289 e. The highest BCUT2D eigenvalue weighted by molar-refractivity contribution is 6.35. The van der Waals surface area contributed by atoms with Gasteiger partial charge in [0.2, 0.25) is 0 Å². The molecule has 2 nitrogen and oxygen atoms in total. The van der Waals surface area contributed by atoms with E-state index in [-0.39, 0.29) is 11.6 Å². The normalized spacial score (nSPS) is 12.2. The molecule has 0 atom stereocenters. The number of hydrogen-bond donors (Lipinski definition) is 0. The van der Waals surface area contributed by atoms with Gasteiger partial charge in [-0.05, 0) is 56.3 Å². The van der Waals surface area contributed by atoms with Crippen molar-refractivity contribution in [1.82, 2.24) is 0 Å². The molecule has 2 heteroatoms. The van der Waals surface area contributed by atoms with Gasteiger partial charge in [-0.1, -0.05) is 146 Å². The molecule has 44 heavy (non-hydrogen) atoms. The zero-order valence-electron chi connectivity index (χ0n) is 23.8. The summed E-state index contributed by atoms with van der Waals surface area (Å²) in [5, 5.41) is 1.88. The maximum atomic E-state index is 14.6. The summed E-state index contributed by atoms with van der Waals surface area (Å²) in [7, 11) is 0. The van der Waals surface area contributed by atoms with Crippen molar-refractivity contribution in [3.63, 3.8) is 0 Å². The van der Waals surface area contributed by atoms with E-state index in [9.17, 15) is 9.59 Å². The van der Waals surface area contributed by atoms with Gasteiger partial charge in [-0.25, -0.2) is 0 Å². The zero-order chi connectivity index (χ0) is 29.6. The maximum absolute atomic E-state index is 14.6. The summed E-state index contributed by atoms with van der Waals surface area (Å²) >= 11 is 0. The highest BCUT2D eigenvalue weighted by atomic mass is 16.1. The van der Waals surface area contributed by atoms with Crippen LogP contribution in [0.1, 0.15) is 31.8 Å². The third-order valence-electron chi connectivity index (χ3n) is 8.61. The molecule has 0 unspecified atom stereocenters. The fraction of sp³-hybridized carbons (Fsp3) is 0. The molecule has 0 heterocycles. The predicted octanol–water partition coefficient (Wildman–Crippen LogP) is 10.3. The molecule has 1 aliphatic rings. The topological polar surface area (TPSA) is 34.1 Å². The van der Waals surface area contributed by atoms with Gasteiger partial charge in [-0.3, -0.25) is 9.59 Å². The van der Waals surface area contributed by atoms with E-state index < -0.39 is 0 Å². The predicted molar refractivity (Wildman–Crippen MR) is 179 cm³/mol. The average Bonchev–Trinajstić information content (AvgIpc) is 3.10. The fourth-order valence-electron chi connectivity index (χ4n) is 6.66. The first-order valence-corrected chi connectivity index (χ1v) is 14.8. The van der Waals surface area contributed by atoms with Crippen molar-refractivity contribution in [2.45, 2.75) is 0 Å². The van der Waals surface area contributed by atoms with Crippen LogP contribution in [0.15, 0.2) is 158 Å². The Morgan fingerprint density at radius 2 is 0.568 bits per heavy atom. The molecule has 0 amide bonds. The van der Waals surface area contributed by atoms with Crippen LogP contribution in [-0.2, 0) is 0 Å². The van der Waals surface area contributed by atoms with Crippen molar-refractivity contribution in [3.05, 3.63) is 180 Å². The highest BCUT2D eigenvalue weighted by Crippen LogP contribution is 2.48. The van der Waals surface area contributed by atoms with Crippen LogP contribution in [0.2, 0.25) is 0 Å². The second-order valence-corrected chi connectivity index (χ2v) is 11.1. The van der Waals surface area contributed by atoms with Crippen LogP contribution in [0.4, 0.5) is 0 Å². The molecule has 206 valence electrons. The average molecular weight is 563 g/mol. The molecular weight excluding hydrogens is 536 g/mol. The van der Waals surface area contributed by atoms with Crippen LogP contribution in [0.25, 0.3) is 55.3 Å². The van der Waals surface area contributed by atoms with Crippen molar-refractivity contribution in [3.8, 4) is 44.5 Å². The Labute approximate surface area is 255 Å². The van der Waals surface area contributed by atoms with Crippen LogP contribution in [0.3, 0.4) is 0 Å². The number of fused-ring (bicyclic) bond motifs is 3. The minimum atomic E-state index is -0.124. The maximum Gasteiger partial charge on any atom is 0.195 e. The lowest BCUT2D eigenvalue weighted by Crippen LogP contribution is -2.23. The molecule has 7 aromatic rings. The Kier molecular flexibility index (Phi) is 6.13. The largest absolute Gasteiger partial charge is 0.289 e. The molecule has 7 aromatic carbocycles. The van der Waals surface area contributed by atoms with Crippen LogP contribution in [0.5, 0.6) is 0 Å². The van der Waals surface area contributed by atoms with Gasteiger partial charge in [-0.2, -0.15) is 0 Å². The van der Waals surface area contributed by atoms with Crippen LogP contribution < -0.4 is 0 Å². The molecule has 0 fully saturated rings. The Bertz CT molecular complexity index is 2060. The van der Waals surface area contributed by atoms with Gasteiger partial charge in [0.25, 0.3) is 0 Å². The van der Waals surface area contributed by atoms with E-state index in [0.717, 1.165) is 55.3 Å². The van der Waals surface area contributed by atoms with E-state index in [1.165, 1.54) is 0 Å². The molecule has 0 radical (unpaired) electrons. The zero-order valence-corrected chi connectivity index (χ0v) is 23.8. The van der Waals surface area contributed by atoms with Gasteiger partial charge in [0.05, 0.1) is 0 Å². The number of rotatable bonds is 4. The molecular formula is C42H26O2. The molecule has 0 bridgehead atoms. The standard InChI is InChI=1S/C42H26O2/c43-41-31-23-13-14-24-32(31)42(44)40-38(30-21-11-4-12-22-30)36-26-34(28-17-7-2-8-18-28)33(27-15-5-1-6-16-27)25-35(36)37(39(40)41)29-19-9-3-10-20-29/h1-26H. The van der Waals surface area contributed by atoms with Gasteiger partial charge in [-0.15, -0.1) is 0 Å². The summed E-state index contributed by atoms with van der Waals surface area (Å²) in [5.74, 6) is -0.247. The van der Waals surface area contributed by atoms with E-state index in [1.54, 1.807) is 12.1 Å². The SMILES string of the molecule is O=C1c2ccccc2C(=O)c2c1c(-c1ccccc1)c1cc(-c3ccccc3)c(-c3ccccc3)cc1c2-c1ccccc1. The van der Waals surface area contributed by atoms with Gasteiger partial charge in [0, 0.05) is 33.4 Å². The number of ketones is 2. The summed E-state index contributed by atoms with van der Waals surface area (Å²) in [6.45, 7) is 0. The summed E-state index contributed by atoms with van der Waals surface area (Å²) in [6, 6.07) is 52.4. The Morgan fingerprint density at radius 3 is 0.909 bits per heavy atom. The first-order chi connectivity index (χ1) is 21.7. The van der Waals surface area contributed by atoms with E-state index >= 15 is 0 Å². The summed E-state index contributed by atoms with van der Waals surface area (Å²) in [6.07, 6.45) is 0. The van der Waals surface area contributed by atoms with Gasteiger partial charge in [0.1, 0.15) is 0 Å². The first-order valence-electron chi connectivity index (χ1n) is 14.8. The van der Waals surface area contributed by atoms with Crippen molar-refractivity contribution < 1.29 is 9.59 Å². The second-order valence-electron chi connectivity index (χ2n) is 11.1. The number of carbonyl (C=O) groups is 2. The molecule has 1 aliphatic carbocycles. The molecule has 0 aliphatic heterocycles.